The molecule has 35 heavy (non-hydrogen) atoms. The number of carbonyl (C=O) groups excluding carboxylic acids is 2. The van der Waals surface area contributed by atoms with E-state index in [1.54, 1.807) is 11.0 Å². The molecule has 0 spiro atoms. The molecule has 0 aromatic heterocycles. The summed E-state index contributed by atoms with van der Waals surface area (Å²) in [5.74, 6) is -0.433. The number of carbonyl (C=O) groups is 2. The molecule has 0 fully saturated rings. The van der Waals surface area contributed by atoms with Crippen LogP contribution in [0.15, 0.2) is 42.5 Å². The van der Waals surface area contributed by atoms with E-state index in [-0.39, 0.29) is 48.5 Å². The second kappa shape index (κ2) is 13.1. The number of rotatable bonds is 12. The monoisotopic (exact) mass is 541 g/mol. The van der Waals surface area contributed by atoms with Crippen LogP contribution < -0.4 is 9.62 Å². The van der Waals surface area contributed by atoms with Gasteiger partial charge in [0.25, 0.3) is 0 Å². The lowest BCUT2D eigenvalue weighted by Gasteiger charge is -2.31. The van der Waals surface area contributed by atoms with E-state index in [0.29, 0.717) is 18.0 Å². The lowest BCUT2D eigenvalue weighted by Crippen LogP contribution is -2.49. The number of anilines is 1. The van der Waals surface area contributed by atoms with Gasteiger partial charge < -0.3 is 10.2 Å². The van der Waals surface area contributed by atoms with Gasteiger partial charge in [-0.05, 0) is 56.0 Å². The molecule has 7 nitrogen and oxygen atoms in total. The van der Waals surface area contributed by atoms with Crippen molar-refractivity contribution in [1.29, 1.82) is 0 Å². The van der Waals surface area contributed by atoms with Gasteiger partial charge in [0, 0.05) is 31.1 Å². The summed E-state index contributed by atoms with van der Waals surface area (Å²) < 4.78 is 26.1. The van der Waals surface area contributed by atoms with Crippen LogP contribution in [-0.4, -0.2) is 50.5 Å². The van der Waals surface area contributed by atoms with Gasteiger partial charge in [-0.15, -0.1) is 0 Å². The van der Waals surface area contributed by atoms with E-state index in [2.05, 4.69) is 5.32 Å². The normalized spacial score (nSPS) is 12.2. The zero-order chi connectivity index (χ0) is 26.2. The molecule has 2 amide bonds. The molecule has 0 aliphatic rings. The Kier molecular flexibility index (Phi) is 10.9. The fourth-order valence-corrected chi connectivity index (χ4v) is 5.25. The molecule has 0 radical (unpaired) electrons. The third kappa shape index (κ3) is 8.12. The van der Waals surface area contributed by atoms with Crippen LogP contribution in [0.1, 0.15) is 44.2 Å². The zero-order valence-electron chi connectivity index (χ0n) is 20.6. The maximum atomic E-state index is 13.4. The summed E-state index contributed by atoms with van der Waals surface area (Å²) in [5, 5.41) is 3.41. The second-order valence-electron chi connectivity index (χ2n) is 8.30. The summed E-state index contributed by atoms with van der Waals surface area (Å²) in [6.45, 7) is 6.45. The molecule has 1 atom stereocenters. The standard InChI is InChI=1S/C25H33Cl2N3O4S/c1-5-22(25(32)28-6-2)29(17-19-11-8-7-10-18(19)3)24(31)12-9-15-30(35(4,33)34)23-16-20(26)13-14-21(23)27/h7-8,10-11,13-14,16,22H,5-6,9,12,15,17H2,1-4H3,(H,28,32)/t22-/m1/s1. The molecule has 0 aliphatic carbocycles. The van der Waals surface area contributed by atoms with E-state index in [9.17, 15) is 18.0 Å². The molecule has 192 valence electrons. The van der Waals surface area contributed by atoms with Crippen molar-refractivity contribution in [3.05, 3.63) is 63.6 Å². The Bertz CT molecular complexity index is 1140. The van der Waals surface area contributed by atoms with Crippen molar-refractivity contribution in [1.82, 2.24) is 10.2 Å². The number of nitrogens with one attached hydrogen (secondary N) is 1. The third-order valence-corrected chi connectivity index (χ3v) is 7.40. The van der Waals surface area contributed by atoms with Crippen molar-refractivity contribution >= 4 is 50.7 Å². The van der Waals surface area contributed by atoms with Crippen molar-refractivity contribution in [3.8, 4) is 0 Å². The number of hydrogen-bond acceptors (Lipinski definition) is 4. The highest BCUT2D eigenvalue weighted by Gasteiger charge is 2.29. The fourth-order valence-electron chi connectivity index (χ4n) is 3.84. The Morgan fingerprint density at radius 3 is 2.37 bits per heavy atom. The average Bonchev–Trinajstić information content (AvgIpc) is 2.79. The molecule has 1 N–H and O–H groups in total. The van der Waals surface area contributed by atoms with Gasteiger partial charge in [0.05, 0.1) is 17.0 Å². The number of amides is 2. The molecule has 0 unspecified atom stereocenters. The number of hydrogen-bond donors (Lipinski definition) is 1. The van der Waals surface area contributed by atoms with E-state index in [0.717, 1.165) is 21.7 Å². The van der Waals surface area contributed by atoms with E-state index in [1.807, 2.05) is 45.0 Å². The van der Waals surface area contributed by atoms with Gasteiger partial charge in [0.2, 0.25) is 21.8 Å². The van der Waals surface area contributed by atoms with E-state index < -0.39 is 16.1 Å². The first-order chi connectivity index (χ1) is 16.5. The van der Waals surface area contributed by atoms with Crippen molar-refractivity contribution in [2.45, 2.75) is 52.6 Å². The van der Waals surface area contributed by atoms with Gasteiger partial charge in [-0.1, -0.05) is 54.4 Å². The first kappa shape index (κ1) is 28.9. The third-order valence-electron chi connectivity index (χ3n) is 5.67. The summed E-state index contributed by atoms with van der Waals surface area (Å²) in [4.78, 5) is 27.7. The number of likely N-dealkylation sites (N-methyl/N-ethyl adjacent to an activating group) is 1. The molecule has 2 rings (SSSR count). The molecule has 0 saturated heterocycles. The van der Waals surface area contributed by atoms with Gasteiger partial charge >= 0.3 is 0 Å². The minimum atomic E-state index is -3.67. The number of sulfonamides is 1. The number of nitrogens with zero attached hydrogens (tertiary/aromatic N) is 2. The largest absolute Gasteiger partial charge is 0.355 e. The topological polar surface area (TPSA) is 86.8 Å². The minimum Gasteiger partial charge on any atom is -0.355 e. The van der Waals surface area contributed by atoms with E-state index in [1.165, 1.54) is 12.1 Å². The molecule has 2 aromatic carbocycles. The first-order valence-corrected chi connectivity index (χ1v) is 14.1. The summed E-state index contributed by atoms with van der Waals surface area (Å²) in [6, 6.07) is 11.7. The van der Waals surface area contributed by atoms with Crippen molar-refractivity contribution < 1.29 is 18.0 Å². The van der Waals surface area contributed by atoms with E-state index >= 15 is 0 Å². The highest BCUT2D eigenvalue weighted by atomic mass is 35.5. The molecule has 2 aromatic rings. The molecular weight excluding hydrogens is 509 g/mol. The Hall–Kier alpha value is -2.29. The summed E-state index contributed by atoms with van der Waals surface area (Å²) in [6.07, 6.45) is 1.84. The molecule has 10 heteroatoms. The molecule has 0 bridgehead atoms. The smallest absolute Gasteiger partial charge is 0.242 e. The number of benzene rings is 2. The van der Waals surface area contributed by atoms with Crippen LogP contribution in [0, 0.1) is 6.92 Å². The second-order valence-corrected chi connectivity index (χ2v) is 11.1. The Morgan fingerprint density at radius 2 is 1.77 bits per heavy atom. The first-order valence-electron chi connectivity index (χ1n) is 11.5. The Morgan fingerprint density at radius 1 is 1.09 bits per heavy atom. The lowest BCUT2D eigenvalue weighted by atomic mass is 10.1. The molecule has 0 heterocycles. The number of aryl methyl sites for hydroxylation is 1. The average molecular weight is 543 g/mol. The molecular formula is C25H33Cl2N3O4S. The maximum Gasteiger partial charge on any atom is 0.242 e. The number of halogens is 2. The van der Waals surface area contributed by atoms with Gasteiger partial charge in [-0.3, -0.25) is 13.9 Å². The van der Waals surface area contributed by atoms with Gasteiger partial charge in [-0.25, -0.2) is 8.42 Å². The van der Waals surface area contributed by atoms with Crippen molar-refractivity contribution in [3.63, 3.8) is 0 Å². The molecule has 0 saturated carbocycles. The van der Waals surface area contributed by atoms with Crippen LogP contribution in [0.3, 0.4) is 0 Å². The molecule has 0 aliphatic heterocycles. The highest BCUT2D eigenvalue weighted by Crippen LogP contribution is 2.31. The fraction of sp³-hybridized carbons (Fsp3) is 0.440. The maximum absolute atomic E-state index is 13.4. The van der Waals surface area contributed by atoms with Crippen LogP contribution in [0.5, 0.6) is 0 Å². The predicted molar refractivity (Wildman–Crippen MR) is 142 cm³/mol. The van der Waals surface area contributed by atoms with Crippen LogP contribution in [0.2, 0.25) is 10.0 Å². The lowest BCUT2D eigenvalue weighted by molar-refractivity contribution is -0.141. The van der Waals surface area contributed by atoms with E-state index in [4.69, 9.17) is 23.2 Å². The summed E-state index contributed by atoms with van der Waals surface area (Å²) >= 11 is 12.3. The zero-order valence-corrected chi connectivity index (χ0v) is 22.9. The van der Waals surface area contributed by atoms with Crippen LogP contribution in [-0.2, 0) is 26.2 Å². The van der Waals surface area contributed by atoms with Gasteiger partial charge in [-0.2, -0.15) is 0 Å². The summed E-state index contributed by atoms with van der Waals surface area (Å²) in [7, 11) is -3.67. The summed E-state index contributed by atoms with van der Waals surface area (Å²) in [5.41, 5.74) is 2.24. The predicted octanol–water partition coefficient (Wildman–Crippen LogP) is 4.79. The van der Waals surface area contributed by atoms with Gasteiger partial charge in [0.15, 0.2) is 0 Å². The van der Waals surface area contributed by atoms with Crippen LogP contribution >= 0.6 is 23.2 Å². The minimum absolute atomic E-state index is 0.0424. The highest BCUT2D eigenvalue weighted by molar-refractivity contribution is 7.92. The van der Waals surface area contributed by atoms with Crippen LogP contribution in [0.4, 0.5) is 5.69 Å². The Balaban J connectivity index is 2.25. The van der Waals surface area contributed by atoms with Gasteiger partial charge in [0.1, 0.15) is 6.04 Å². The van der Waals surface area contributed by atoms with Crippen molar-refractivity contribution in [2.24, 2.45) is 0 Å². The Labute approximate surface area is 218 Å². The SMILES string of the molecule is CCNC(=O)[C@@H](CC)N(Cc1ccccc1C)C(=O)CCCN(c1cc(Cl)ccc1Cl)S(C)(=O)=O. The van der Waals surface area contributed by atoms with Crippen LogP contribution in [0.25, 0.3) is 0 Å². The quantitative estimate of drug-likeness (QED) is 0.418. The van der Waals surface area contributed by atoms with Crippen molar-refractivity contribution in [2.75, 3.05) is 23.7 Å².